The third-order valence-corrected chi connectivity index (χ3v) is 3.61. The van der Waals surface area contributed by atoms with Gasteiger partial charge in [-0.1, -0.05) is 30.3 Å². The molecule has 0 saturated heterocycles. The van der Waals surface area contributed by atoms with E-state index in [0.29, 0.717) is 24.5 Å². The Morgan fingerprint density at radius 2 is 1.76 bits per heavy atom. The summed E-state index contributed by atoms with van der Waals surface area (Å²) in [4.78, 5) is -0.364. The molecule has 0 spiro atoms. The van der Waals surface area contributed by atoms with Crippen LogP contribution in [0, 0.1) is 17.5 Å². The number of nitrogens with two attached hydrogens (primary N) is 1. The number of thiol groups is 1. The minimum absolute atomic E-state index is 0.0873. The maximum Gasteiger partial charge on any atom is 0.172 e. The van der Waals surface area contributed by atoms with Crippen LogP contribution in [0.15, 0.2) is 47.5 Å². The van der Waals surface area contributed by atoms with Crippen molar-refractivity contribution in [3.05, 3.63) is 71.2 Å². The summed E-state index contributed by atoms with van der Waals surface area (Å²) in [5.41, 5.74) is 6.86. The summed E-state index contributed by atoms with van der Waals surface area (Å²) < 4.78 is 40.6. The molecule has 21 heavy (non-hydrogen) atoms. The maximum atomic E-state index is 13.9. The Labute approximate surface area is 126 Å². The van der Waals surface area contributed by atoms with Gasteiger partial charge in [-0.15, -0.1) is 12.6 Å². The smallest absolute Gasteiger partial charge is 0.172 e. The number of benzene rings is 2. The van der Waals surface area contributed by atoms with Crippen LogP contribution in [0.4, 0.5) is 13.2 Å². The molecule has 2 N–H and O–H groups in total. The van der Waals surface area contributed by atoms with Crippen molar-refractivity contribution in [1.29, 1.82) is 0 Å². The van der Waals surface area contributed by atoms with E-state index < -0.39 is 17.5 Å². The number of hydrogen-bond acceptors (Lipinski definition) is 2. The van der Waals surface area contributed by atoms with Crippen molar-refractivity contribution in [2.24, 2.45) is 5.73 Å². The van der Waals surface area contributed by atoms with Crippen LogP contribution in [-0.4, -0.2) is 0 Å². The molecular formula is C16H14F3NS. The molecule has 0 unspecified atom stereocenters. The molecule has 2 aromatic carbocycles. The molecule has 0 atom stereocenters. The highest BCUT2D eigenvalue weighted by atomic mass is 32.1. The molecule has 5 heteroatoms. The van der Waals surface area contributed by atoms with Gasteiger partial charge in [-0.3, -0.25) is 0 Å². The van der Waals surface area contributed by atoms with E-state index in [1.54, 1.807) is 0 Å². The first-order chi connectivity index (χ1) is 10.0. The number of rotatable bonds is 4. The first-order valence-electron chi connectivity index (χ1n) is 6.36. The third-order valence-electron chi connectivity index (χ3n) is 3.19. The standard InChI is InChI=1S/C16H14F3NS/c17-12-8-13(18)15(19)16(21)14(12)11(9-20)7-6-10-4-2-1-3-5-10/h1-5,8-9,21H,6-7,20H2/b11-9-. The Morgan fingerprint density at radius 1 is 1.10 bits per heavy atom. The second-order valence-corrected chi connectivity index (χ2v) is 5.00. The van der Waals surface area contributed by atoms with Crippen LogP contribution in [0.3, 0.4) is 0 Å². The zero-order valence-corrected chi connectivity index (χ0v) is 12.0. The Kier molecular flexibility index (Phi) is 4.96. The van der Waals surface area contributed by atoms with E-state index in [-0.39, 0.29) is 10.5 Å². The van der Waals surface area contributed by atoms with Crippen LogP contribution < -0.4 is 5.73 Å². The lowest BCUT2D eigenvalue weighted by molar-refractivity contribution is 0.475. The summed E-state index contributed by atoms with van der Waals surface area (Å²) >= 11 is 3.87. The minimum Gasteiger partial charge on any atom is -0.404 e. The van der Waals surface area contributed by atoms with Gasteiger partial charge < -0.3 is 5.73 Å². The molecule has 0 bridgehead atoms. The first kappa shape index (κ1) is 15.5. The molecule has 0 aromatic heterocycles. The van der Waals surface area contributed by atoms with Gasteiger partial charge in [-0.2, -0.15) is 0 Å². The van der Waals surface area contributed by atoms with Crippen LogP contribution in [0.25, 0.3) is 5.57 Å². The van der Waals surface area contributed by atoms with E-state index in [1.165, 1.54) is 6.20 Å². The van der Waals surface area contributed by atoms with Crippen LogP contribution >= 0.6 is 12.6 Å². The highest BCUT2D eigenvalue weighted by Crippen LogP contribution is 2.31. The van der Waals surface area contributed by atoms with Gasteiger partial charge in [-0.05, 0) is 30.2 Å². The Balaban J connectivity index is 2.29. The fraction of sp³-hybridized carbons (Fsp3) is 0.125. The van der Waals surface area contributed by atoms with E-state index in [1.807, 2.05) is 30.3 Å². The lowest BCUT2D eigenvalue weighted by atomic mass is 9.98. The van der Waals surface area contributed by atoms with Gasteiger partial charge in [0.25, 0.3) is 0 Å². The number of halogens is 3. The molecule has 0 aliphatic carbocycles. The SMILES string of the molecule is N/C=C(/CCc1ccccc1)c1c(F)cc(F)c(F)c1S. The molecule has 2 aromatic rings. The van der Waals surface area contributed by atoms with Crippen LogP contribution in [0.2, 0.25) is 0 Å². The summed E-state index contributed by atoms with van der Waals surface area (Å²) in [6.45, 7) is 0. The number of allylic oxidation sites excluding steroid dienone is 1. The zero-order chi connectivity index (χ0) is 15.4. The minimum atomic E-state index is -1.26. The summed E-state index contributed by atoms with van der Waals surface area (Å²) in [6.07, 6.45) is 2.21. The molecule has 0 radical (unpaired) electrons. The molecule has 0 saturated carbocycles. The van der Waals surface area contributed by atoms with Crippen LogP contribution in [0.1, 0.15) is 17.5 Å². The third kappa shape index (κ3) is 3.42. The topological polar surface area (TPSA) is 26.0 Å². The number of aryl methyl sites for hydroxylation is 1. The fourth-order valence-electron chi connectivity index (χ4n) is 2.10. The quantitative estimate of drug-likeness (QED) is 0.638. The van der Waals surface area contributed by atoms with Gasteiger partial charge in [0, 0.05) is 11.6 Å². The van der Waals surface area contributed by atoms with Crippen LogP contribution in [0.5, 0.6) is 0 Å². The van der Waals surface area contributed by atoms with Gasteiger partial charge in [0.2, 0.25) is 0 Å². The largest absolute Gasteiger partial charge is 0.404 e. The highest BCUT2D eigenvalue weighted by Gasteiger charge is 2.19. The molecule has 0 fully saturated rings. The van der Waals surface area contributed by atoms with Gasteiger partial charge in [0.1, 0.15) is 5.82 Å². The normalized spacial score (nSPS) is 11.7. The monoisotopic (exact) mass is 309 g/mol. The lowest BCUT2D eigenvalue weighted by Gasteiger charge is -2.12. The predicted molar refractivity (Wildman–Crippen MR) is 80.5 cm³/mol. The van der Waals surface area contributed by atoms with Crippen molar-refractivity contribution in [3.8, 4) is 0 Å². The Hall–Kier alpha value is -1.88. The molecule has 0 heterocycles. The van der Waals surface area contributed by atoms with E-state index in [4.69, 9.17) is 5.73 Å². The van der Waals surface area contributed by atoms with Crippen molar-refractivity contribution in [3.63, 3.8) is 0 Å². The Bertz CT molecular complexity index is 669. The average Bonchev–Trinajstić information content (AvgIpc) is 2.49. The van der Waals surface area contributed by atoms with E-state index in [9.17, 15) is 13.2 Å². The first-order valence-corrected chi connectivity index (χ1v) is 6.80. The predicted octanol–water partition coefficient (Wildman–Crippen LogP) is 4.33. The summed E-state index contributed by atoms with van der Waals surface area (Å²) in [7, 11) is 0. The molecule has 1 nitrogen and oxygen atoms in total. The highest BCUT2D eigenvalue weighted by molar-refractivity contribution is 7.80. The molecule has 0 amide bonds. The Morgan fingerprint density at radius 3 is 2.38 bits per heavy atom. The molecular weight excluding hydrogens is 295 g/mol. The zero-order valence-electron chi connectivity index (χ0n) is 11.1. The van der Waals surface area contributed by atoms with Gasteiger partial charge in [0.15, 0.2) is 11.6 Å². The van der Waals surface area contributed by atoms with Crippen molar-refractivity contribution in [2.75, 3.05) is 0 Å². The van der Waals surface area contributed by atoms with Gasteiger partial charge >= 0.3 is 0 Å². The summed E-state index contributed by atoms with van der Waals surface area (Å²) in [6, 6.07) is 10.0. The van der Waals surface area contributed by atoms with E-state index >= 15 is 0 Å². The van der Waals surface area contributed by atoms with Crippen molar-refractivity contribution in [1.82, 2.24) is 0 Å². The molecule has 110 valence electrons. The maximum absolute atomic E-state index is 13.9. The fourth-order valence-corrected chi connectivity index (χ4v) is 2.46. The van der Waals surface area contributed by atoms with Crippen LogP contribution in [-0.2, 0) is 6.42 Å². The second kappa shape index (κ2) is 6.72. The van der Waals surface area contributed by atoms with E-state index in [0.717, 1.165) is 5.56 Å². The van der Waals surface area contributed by atoms with Crippen molar-refractivity contribution in [2.45, 2.75) is 17.7 Å². The second-order valence-electron chi connectivity index (χ2n) is 4.56. The van der Waals surface area contributed by atoms with Crippen molar-refractivity contribution < 1.29 is 13.2 Å². The van der Waals surface area contributed by atoms with E-state index in [2.05, 4.69) is 12.6 Å². The van der Waals surface area contributed by atoms with Gasteiger partial charge in [0.05, 0.1) is 4.90 Å². The summed E-state index contributed by atoms with van der Waals surface area (Å²) in [5, 5.41) is 0. The van der Waals surface area contributed by atoms with Crippen molar-refractivity contribution >= 4 is 18.2 Å². The lowest BCUT2D eigenvalue weighted by Crippen LogP contribution is -2.01. The number of hydrogen-bond donors (Lipinski definition) is 2. The average molecular weight is 309 g/mol. The summed E-state index contributed by atoms with van der Waals surface area (Å²) in [5.74, 6) is -3.31. The molecule has 2 rings (SSSR count). The molecule has 0 aliphatic heterocycles. The van der Waals surface area contributed by atoms with Gasteiger partial charge in [-0.25, -0.2) is 13.2 Å². The molecule has 0 aliphatic rings.